The molecule has 290 valence electrons. The Morgan fingerprint density at radius 2 is 0.263 bits per heavy atom. The van der Waals surface area contributed by atoms with Crippen molar-refractivity contribution >= 4 is 74.1 Å². The molecule has 0 aliphatic rings. The van der Waals surface area contributed by atoms with Gasteiger partial charge in [-0.05, 0) is 97.1 Å². The van der Waals surface area contributed by atoms with E-state index in [-0.39, 0.29) is 16.5 Å². The van der Waals surface area contributed by atoms with Crippen LogP contribution in [0.4, 0.5) is 0 Å². The van der Waals surface area contributed by atoms with E-state index in [1.54, 1.807) is 0 Å². The summed E-state index contributed by atoms with van der Waals surface area (Å²) in [6.07, 6.45) is 0. The summed E-state index contributed by atoms with van der Waals surface area (Å²) in [7, 11) is -2.18. The summed E-state index contributed by atoms with van der Waals surface area (Å²) in [5.41, 5.74) is 0. The third-order valence-electron chi connectivity index (χ3n) is 9.65. The maximum absolute atomic E-state index is 2.34. The average molecular weight is 864 g/mol. The van der Waals surface area contributed by atoms with Crippen LogP contribution in [0.2, 0.25) is 0 Å². The Labute approximate surface area is 357 Å². The molecule has 0 atom stereocenters. The molecule has 0 spiro atoms. The van der Waals surface area contributed by atoms with Gasteiger partial charge >= 0.3 is 0 Å². The standard InChI is InChI=1S/4C13H13P.Ni/c4*1-14(12-8-4-2-5-9-12)13-10-6-3-7-11-13;/h4*2-11H,1H3;/p+4. The van der Waals surface area contributed by atoms with Gasteiger partial charge in [-0.3, -0.25) is 0 Å². The number of hydrogen-bond donors (Lipinski definition) is 0. The molecule has 5 heteroatoms. The van der Waals surface area contributed by atoms with Crippen LogP contribution >= 0.6 is 31.7 Å². The van der Waals surface area contributed by atoms with Crippen molar-refractivity contribution in [2.75, 3.05) is 26.7 Å². The van der Waals surface area contributed by atoms with E-state index in [1.807, 2.05) is 0 Å². The smallest absolute Gasteiger partial charge is 0.0620 e. The zero-order valence-corrected chi connectivity index (χ0v) is 38.4. The molecular formula is C52H56NiP4+4. The van der Waals surface area contributed by atoms with Crippen molar-refractivity contribution in [2.45, 2.75) is 0 Å². The first-order valence-corrected chi connectivity index (χ1v) is 27.3. The zero-order valence-electron chi connectivity index (χ0n) is 33.4. The Morgan fingerprint density at radius 3 is 0.351 bits per heavy atom. The number of rotatable bonds is 8. The summed E-state index contributed by atoms with van der Waals surface area (Å²) in [4.78, 5) is 0. The van der Waals surface area contributed by atoms with Gasteiger partial charge in [0.25, 0.3) is 0 Å². The van der Waals surface area contributed by atoms with Crippen molar-refractivity contribution in [1.82, 2.24) is 0 Å². The third kappa shape index (κ3) is 15.3. The van der Waals surface area contributed by atoms with Crippen LogP contribution in [-0.4, -0.2) is 26.7 Å². The maximum atomic E-state index is 2.34. The SMILES string of the molecule is C[PH+](c1ccccc1)c1ccccc1.C[PH+](c1ccccc1)c1ccccc1.C[PH+](c1ccccc1)c1ccccc1.C[PH+](c1ccccc1)c1ccccc1.[Ni]. The molecule has 8 rings (SSSR count). The average Bonchev–Trinajstić information content (AvgIpc) is 3.31. The maximum Gasteiger partial charge on any atom is 0.0964 e. The molecule has 0 heterocycles. The van der Waals surface area contributed by atoms with Crippen LogP contribution in [0.1, 0.15) is 0 Å². The Morgan fingerprint density at radius 1 is 0.175 bits per heavy atom. The molecule has 8 aromatic carbocycles. The molecule has 0 N–H and O–H groups in total. The van der Waals surface area contributed by atoms with Gasteiger partial charge in [0.1, 0.15) is 0 Å². The molecule has 8 aromatic rings. The summed E-state index contributed by atoms with van der Waals surface area (Å²) < 4.78 is 0. The fourth-order valence-corrected chi connectivity index (χ4v) is 13.0. The van der Waals surface area contributed by atoms with Crippen molar-refractivity contribution in [1.29, 1.82) is 0 Å². The van der Waals surface area contributed by atoms with E-state index in [1.165, 1.54) is 42.4 Å². The van der Waals surface area contributed by atoms with Crippen LogP contribution in [0.25, 0.3) is 0 Å². The minimum absolute atomic E-state index is 0. The minimum atomic E-state index is -0.545. The molecule has 0 aliphatic carbocycles. The van der Waals surface area contributed by atoms with Gasteiger partial charge in [-0.15, -0.1) is 0 Å². The van der Waals surface area contributed by atoms with Crippen molar-refractivity contribution in [3.8, 4) is 0 Å². The molecule has 0 saturated heterocycles. The number of benzene rings is 8. The van der Waals surface area contributed by atoms with Crippen LogP contribution in [0.15, 0.2) is 243 Å². The predicted molar refractivity (Wildman–Crippen MR) is 266 cm³/mol. The summed E-state index contributed by atoms with van der Waals surface area (Å²) >= 11 is 0. The topological polar surface area (TPSA) is 0 Å². The van der Waals surface area contributed by atoms with E-state index in [9.17, 15) is 0 Å². The normalized spacial score (nSPS) is 10.2. The molecule has 0 saturated carbocycles. The van der Waals surface area contributed by atoms with Crippen LogP contribution < -0.4 is 42.4 Å². The first-order valence-electron chi connectivity index (χ1n) is 19.3. The van der Waals surface area contributed by atoms with Gasteiger partial charge in [-0.1, -0.05) is 146 Å². The van der Waals surface area contributed by atoms with Gasteiger partial charge in [0.2, 0.25) is 0 Å². The summed E-state index contributed by atoms with van der Waals surface area (Å²) in [5.74, 6) is 0. The Kier molecular flexibility index (Phi) is 20.9. The second-order valence-corrected chi connectivity index (χ2v) is 23.0. The van der Waals surface area contributed by atoms with E-state index in [4.69, 9.17) is 0 Å². The fraction of sp³-hybridized carbons (Fsp3) is 0.0769. The molecule has 0 radical (unpaired) electrons. The van der Waals surface area contributed by atoms with Gasteiger partial charge in [0, 0.05) is 16.5 Å². The van der Waals surface area contributed by atoms with E-state index in [0.717, 1.165) is 0 Å². The largest absolute Gasteiger partial charge is 0.0964 e. The molecule has 0 aliphatic heterocycles. The Bertz CT molecular complexity index is 1700. The molecule has 0 nitrogen and oxygen atoms in total. The summed E-state index contributed by atoms with van der Waals surface area (Å²) in [6, 6.07) is 86.0. The van der Waals surface area contributed by atoms with Gasteiger partial charge in [0.15, 0.2) is 0 Å². The van der Waals surface area contributed by atoms with Crippen molar-refractivity contribution in [2.24, 2.45) is 0 Å². The molecule has 57 heavy (non-hydrogen) atoms. The van der Waals surface area contributed by atoms with Gasteiger partial charge in [-0.2, -0.15) is 0 Å². The number of hydrogen-bond acceptors (Lipinski definition) is 0. The molecule has 0 amide bonds. The van der Waals surface area contributed by atoms with Crippen molar-refractivity contribution in [3.63, 3.8) is 0 Å². The Balaban J connectivity index is 0.000000167. The fourth-order valence-electron chi connectivity index (χ4n) is 6.17. The van der Waals surface area contributed by atoms with Crippen molar-refractivity contribution in [3.05, 3.63) is 243 Å². The van der Waals surface area contributed by atoms with E-state index in [2.05, 4.69) is 269 Å². The zero-order chi connectivity index (χ0) is 39.2. The van der Waals surface area contributed by atoms with Crippen molar-refractivity contribution < 1.29 is 16.5 Å². The van der Waals surface area contributed by atoms with Crippen LogP contribution in [0.5, 0.6) is 0 Å². The second-order valence-electron chi connectivity index (χ2n) is 13.4. The third-order valence-corrected chi connectivity index (χ3v) is 19.2. The minimum Gasteiger partial charge on any atom is -0.0620 e. The first kappa shape index (κ1) is 45.7. The van der Waals surface area contributed by atoms with Gasteiger partial charge in [0.05, 0.1) is 101 Å². The predicted octanol–water partition coefficient (Wildman–Crippen LogP) is 9.92. The molecule has 0 aromatic heterocycles. The Hall–Kier alpha value is -4.03. The first-order chi connectivity index (χ1) is 27.5. The van der Waals surface area contributed by atoms with Crippen LogP contribution in [-0.2, 0) is 16.5 Å². The van der Waals surface area contributed by atoms with E-state index in [0.29, 0.717) is 0 Å². The molecule has 0 bridgehead atoms. The quantitative estimate of drug-likeness (QED) is 0.106. The van der Waals surface area contributed by atoms with Gasteiger partial charge < -0.3 is 0 Å². The van der Waals surface area contributed by atoms with E-state index < -0.39 is 31.7 Å². The molecule has 0 fully saturated rings. The van der Waals surface area contributed by atoms with Crippen LogP contribution in [0.3, 0.4) is 0 Å². The molecular weight excluding hydrogens is 807 g/mol. The molecule has 0 unspecified atom stereocenters. The second kappa shape index (κ2) is 26.1. The van der Waals surface area contributed by atoms with Crippen LogP contribution in [0, 0.1) is 0 Å². The summed E-state index contributed by atoms with van der Waals surface area (Å²) in [5, 5.41) is 11.8. The van der Waals surface area contributed by atoms with E-state index >= 15 is 0 Å². The summed E-state index contributed by atoms with van der Waals surface area (Å²) in [6.45, 7) is 9.37. The monoisotopic (exact) mass is 862 g/mol. The van der Waals surface area contributed by atoms with Gasteiger partial charge in [-0.25, -0.2) is 0 Å².